The Kier molecular flexibility index (Phi) is 3.28. The highest BCUT2D eigenvalue weighted by Gasteiger charge is 2.12. The van der Waals surface area contributed by atoms with E-state index in [1.807, 2.05) is 31.2 Å². The zero-order valence-corrected chi connectivity index (χ0v) is 13.6. The lowest BCUT2D eigenvalue weighted by molar-refractivity contribution is 0.525. The SMILES string of the molecule is Cc1ccc(/C=c2\sc3nc(-c4ccc(Cl)cc4)nn3c2=O)o1. The Balaban J connectivity index is 1.82. The zero-order valence-electron chi connectivity index (χ0n) is 12.0. The first-order valence-electron chi connectivity index (χ1n) is 6.84. The van der Waals surface area contributed by atoms with Crippen molar-refractivity contribution in [2.24, 2.45) is 0 Å². The second-order valence-electron chi connectivity index (χ2n) is 5.00. The van der Waals surface area contributed by atoms with Crippen molar-refractivity contribution in [3.63, 3.8) is 0 Å². The molecule has 3 heterocycles. The quantitative estimate of drug-likeness (QED) is 0.561. The minimum atomic E-state index is -0.202. The van der Waals surface area contributed by atoms with Gasteiger partial charge in [0.15, 0.2) is 5.82 Å². The average Bonchev–Trinajstić information content (AvgIpc) is 3.19. The summed E-state index contributed by atoms with van der Waals surface area (Å²) in [6, 6.07) is 10.9. The molecule has 0 unspecified atom stereocenters. The van der Waals surface area contributed by atoms with E-state index in [-0.39, 0.29) is 5.56 Å². The van der Waals surface area contributed by atoms with Gasteiger partial charge in [0.1, 0.15) is 16.1 Å². The normalized spacial score (nSPS) is 12.3. The van der Waals surface area contributed by atoms with Crippen LogP contribution in [0.5, 0.6) is 0 Å². The van der Waals surface area contributed by atoms with Crippen LogP contribution in [0, 0.1) is 6.92 Å². The summed E-state index contributed by atoms with van der Waals surface area (Å²) in [6.07, 6.45) is 1.71. The van der Waals surface area contributed by atoms with E-state index in [2.05, 4.69) is 10.1 Å². The largest absolute Gasteiger partial charge is 0.462 e. The monoisotopic (exact) mass is 343 g/mol. The Morgan fingerprint density at radius 2 is 2.00 bits per heavy atom. The molecule has 0 aliphatic heterocycles. The van der Waals surface area contributed by atoms with Crippen molar-refractivity contribution in [2.45, 2.75) is 6.92 Å². The van der Waals surface area contributed by atoms with Crippen LogP contribution in [-0.2, 0) is 0 Å². The molecule has 3 aromatic heterocycles. The molecule has 0 saturated heterocycles. The summed E-state index contributed by atoms with van der Waals surface area (Å²) in [4.78, 5) is 17.4. The fourth-order valence-electron chi connectivity index (χ4n) is 2.22. The van der Waals surface area contributed by atoms with Crippen molar-refractivity contribution in [2.75, 3.05) is 0 Å². The summed E-state index contributed by atoms with van der Waals surface area (Å²) in [7, 11) is 0. The predicted molar refractivity (Wildman–Crippen MR) is 89.8 cm³/mol. The molecule has 0 aliphatic carbocycles. The maximum atomic E-state index is 12.4. The fraction of sp³-hybridized carbons (Fsp3) is 0.0625. The van der Waals surface area contributed by atoms with Crippen molar-refractivity contribution in [1.29, 1.82) is 0 Å². The maximum Gasteiger partial charge on any atom is 0.291 e. The van der Waals surface area contributed by atoms with Gasteiger partial charge in [-0.3, -0.25) is 4.79 Å². The Morgan fingerprint density at radius 3 is 2.65 bits per heavy atom. The molecule has 0 aliphatic rings. The second kappa shape index (κ2) is 5.33. The smallest absolute Gasteiger partial charge is 0.291 e. The molecule has 0 bridgehead atoms. The molecule has 114 valence electrons. The molecule has 0 N–H and O–H groups in total. The number of aromatic nitrogens is 3. The molecular formula is C16H10ClN3O2S. The van der Waals surface area contributed by atoms with Crippen molar-refractivity contribution >= 4 is 34.0 Å². The lowest BCUT2D eigenvalue weighted by atomic mass is 10.2. The molecule has 1 aromatic carbocycles. The van der Waals surface area contributed by atoms with Gasteiger partial charge in [-0.25, -0.2) is 0 Å². The van der Waals surface area contributed by atoms with Gasteiger partial charge < -0.3 is 4.42 Å². The first-order chi connectivity index (χ1) is 11.1. The molecule has 4 rings (SSSR count). The first-order valence-corrected chi connectivity index (χ1v) is 8.03. The number of hydrogen-bond donors (Lipinski definition) is 0. The van der Waals surface area contributed by atoms with Gasteiger partial charge in [0.25, 0.3) is 5.56 Å². The van der Waals surface area contributed by atoms with Crippen molar-refractivity contribution in [3.05, 3.63) is 67.8 Å². The summed E-state index contributed by atoms with van der Waals surface area (Å²) >= 11 is 7.16. The zero-order chi connectivity index (χ0) is 16.0. The molecule has 0 amide bonds. The van der Waals surface area contributed by atoms with E-state index in [9.17, 15) is 4.79 Å². The van der Waals surface area contributed by atoms with E-state index in [0.717, 1.165) is 11.3 Å². The highest BCUT2D eigenvalue weighted by Crippen LogP contribution is 2.19. The number of halogens is 1. The van der Waals surface area contributed by atoms with Crippen LogP contribution in [0.4, 0.5) is 0 Å². The van der Waals surface area contributed by atoms with Gasteiger partial charge in [-0.15, -0.1) is 5.10 Å². The number of fused-ring (bicyclic) bond motifs is 1. The number of furan rings is 1. The van der Waals surface area contributed by atoms with Crippen LogP contribution in [0.2, 0.25) is 5.02 Å². The van der Waals surface area contributed by atoms with Crippen LogP contribution in [0.25, 0.3) is 22.4 Å². The molecule has 7 heteroatoms. The van der Waals surface area contributed by atoms with Gasteiger partial charge in [0, 0.05) is 16.7 Å². The van der Waals surface area contributed by atoms with Crippen molar-refractivity contribution in [3.8, 4) is 11.4 Å². The molecule has 5 nitrogen and oxygen atoms in total. The molecule has 0 radical (unpaired) electrons. The number of thiazole rings is 1. The number of benzene rings is 1. The molecule has 0 fully saturated rings. The van der Waals surface area contributed by atoms with Crippen LogP contribution < -0.4 is 10.1 Å². The van der Waals surface area contributed by atoms with E-state index >= 15 is 0 Å². The average molecular weight is 344 g/mol. The molecule has 23 heavy (non-hydrogen) atoms. The third kappa shape index (κ3) is 2.56. The molecule has 0 atom stereocenters. The van der Waals surface area contributed by atoms with Gasteiger partial charge >= 0.3 is 0 Å². The maximum absolute atomic E-state index is 12.4. The molecule has 0 saturated carbocycles. The van der Waals surface area contributed by atoms with Crippen LogP contribution in [0.15, 0.2) is 45.6 Å². The Bertz CT molecular complexity index is 1110. The van der Waals surface area contributed by atoms with Crippen LogP contribution in [0.3, 0.4) is 0 Å². The first kappa shape index (κ1) is 14.2. The third-order valence-electron chi connectivity index (χ3n) is 3.32. The Hall–Kier alpha value is -2.44. The van der Waals surface area contributed by atoms with E-state index in [1.54, 1.807) is 18.2 Å². The van der Waals surface area contributed by atoms with E-state index in [0.29, 0.717) is 26.1 Å². The van der Waals surface area contributed by atoms with Gasteiger partial charge in [-0.2, -0.15) is 9.50 Å². The van der Waals surface area contributed by atoms with E-state index < -0.39 is 0 Å². The lowest BCUT2D eigenvalue weighted by Crippen LogP contribution is -2.23. The van der Waals surface area contributed by atoms with Gasteiger partial charge in [-0.1, -0.05) is 22.9 Å². The minimum absolute atomic E-state index is 0.202. The van der Waals surface area contributed by atoms with Crippen molar-refractivity contribution in [1.82, 2.24) is 14.6 Å². The summed E-state index contributed by atoms with van der Waals surface area (Å²) in [5.74, 6) is 1.95. The fourth-order valence-corrected chi connectivity index (χ4v) is 3.23. The van der Waals surface area contributed by atoms with Crippen molar-refractivity contribution < 1.29 is 4.42 Å². The number of hydrogen-bond acceptors (Lipinski definition) is 5. The third-order valence-corrected chi connectivity index (χ3v) is 4.53. The predicted octanol–water partition coefficient (Wildman–Crippen LogP) is 2.92. The van der Waals surface area contributed by atoms with Crippen LogP contribution in [-0.4, -0.2) is 14.6 Å². The van der Waals surface area contributed by atoms with Gasteiger partial charge in [-0.05, 0) is 43.3 Å². The highest BCUT2D eigenvalue weighted by molar-refractivity contribution is 7.15. The van der Waals surface area contributed by atoms with E-state index in [4.69, 9.17) is 16.0 Å². The Labute approximate surface area is 139 Å². The molecule has 4 aromatic rings. The second-order valence-corrected chi connectivity index (χ2v) is 6.45. The van der Waals surface area contributed by atoms with Gasteiger partial charge in [0.2, 0.25) is 4.96 Å². The topological polar surface area (TPSA) is 60.4 Å². The standard InChI is InChI=1S/C16H10ClN3O2S/c1-9-2-7-12(22-9)8-13-15(21)20-16(23-13)18-14(19-20)10-3-5-11(17)6-4-10/h2-8H,1H3/b13-8-. The number of rotatable bonds is 2. The molecular weight excluding hydrogens is 334 g/mol. The summed E-state index contributed by atoms with van der Waals surface area (Å²) in [6.45, 7) is 1.86. The Morgan fingerprint density at radius 1 is 1.22 bits per heavy atom. The summed E-state index contributed by atoms with van der Waals surface area (Å²) in [5.41, 5.74) is 0.614. The van der Waals surface area contributed by atoms with Crippen LogP contribution in [0.1, 0.15) is 11.5 Å². The van der Waals surface area contributed by atoms with E-state index in [1.165, 1.54) is 15.9 Å². The summed E-state index contributed by atoms with van der Waals surface area (Å²) in [5, 5.41) is 4.93. The number of nitrogens with zero attached hydrogens (tertiary/aromatic N) is 3. The minimum Gasteiger partial charge on any atom is -0.462 e. The highest BCUT2D eigenvalue weighted by atomic mass is 35.5. The van der Waals surface area contributed by atoms with Gasteiger partial charge in [0.05, 0.1) is 0 Å². The summed E-state index contributed by atoms with van der Waals surface area (Å²) < 4.78 is 7.32. The molecule has 0 spiro atoms. The number of aryl methyl sites for hydroxylation is 1. The van der Waals surface area contributed by atoms with Crippen LogP contribution >= 0.6 is 22.9 Å². The lowest BCUT2D eigenvalue weighted by Gasteiger charge is -1.93.